The van der Waals surface area contributed by atoms with E-state index in [2.05, 4.69) is 20.5 Å². The van der Waals surface area contributed by atoms with E-state index in [0.29, 0.717) is 17.9 Å². The van der Waals surface area contributed by atoms with Crippen LogP contribution >= 0.6 is 0 Å². The molecule has 5 heteroatoms. The van der Waals surface area contributed by atoms with Gasteiger partial charge < -0.3 is 14.2 Å². The zero-order valence-corrected chi connectivity index (χ0v) is 14.9. The maximum atomic E-state index is 13.0. The third-order valence-corrected chi connectivity index (χ3v) is 5.61. The third-order valence-electron chi connectivity index (χ3n) is 5.61. The van der Waals surface area contributed by atoms with E-state index in [1.165, 1.54) is 5.56 Å². The van der Waals surface area contributed by atoms with Crippen molar-refractivity contribution in [3.05, 3.63) is 48.0 Å². The SMILES string of the molecule is COc1ccccc1[C@@H]1C[C@@H]1C(=O)N1CCC[C@H](n2ccnc2C)C1. The Bertz CT molecular complexity index is 770. The standard InChI is InChI=1S/C20H25N3O2/c1-14-21-9-11-23(14)15-6-5-10-22(13-15)20(24)18-12-17(18)16-7-3-4-8-19(16)25-2/h3-4,7-9,11,15,17-18H,5-6,10,12-13H2,1-2H3/t15-,17-,18-/m0/s1. The maximum Gasteiger partial charge on any atom is 0.226 e. The predicted octanol–water partition coefficient (Wildman–Crippen LogP) is 3.17. The number of aryl methyl sites for hydroxylation is 1. The summed E-state index contributed by atoms with van der Waals surface area (Å²) in [4.78, 5) is 19.4. The minimum Gasteiger partial charge on any atom is -0.496 e. The van der Waals surface area contributed by atoms with E-state index in [9.17, 15) is 4.79 Å². The van der Waals surface area contributed by atoms with Crippen LogP contribution in [0.1, 0.15) is 42.6 Å². The number of ether oxygens (including phenoxy) is 1. The fourth-order valence-corrected chi connectivity index (χ4v) is 4.17. The quantitative estimate of drug-likeness (QED) is 0.859. The Hall–Kier alpha value is -2.30. The zero-order valence-electron chi connectivity index (χ0n) is 14.9. The Labute approximate surface area is 148 Å². The first-order chi connectivity index (χ1) is 12.2. The molecule has 2 heterocycles. The number of rotatable bonds is 4. The number of amides is 1. The molecule has 2 fully saturated rings. The van der Waals surface area contributed by atoms with Gasteiger partial charge in [-0.05, 0) is 43.7 Å². The molecule has 1 aromatic carbocycles. The van der Waals surface area contributed by atoms with Crippen molar-refractivity contribution in [2.75, 3.05) is 20.2 Å². The van der Waals surface area contributed by atoms with Crippen LogP contribution < -0.4 is 4.74 Å². The smallest absolute Gasteiger partial charge is 0.226 e. The van der Waals surface area contributed by atoms with Gasteiger partial charge in [0, 0.05) is 31.4 Å². The summed E-state index contributed by atoms with van der Waals surface area (Å²) in [6, 6.07) is 8.42. The summed E-state index contributed by atoms with van der Waals surface area (Å²) in [7, 11) is 1.70. The molecule has 1 aliphatic heterocycles. The second kappa shape index (κ2) is 6.54. The molecule has 0 radical (unpaired) electrons. The van der Waals surface area contributed by atoms with Crippen LogP contribution in [0.5, 0.6) is 5.75 Å². The van der Waals surface area contributed by atoms with Gasteiger partial charge >= 0.3 is 0 Å². The first kappa shape index (κ1) is 16.2. The normalized spacial score (nSPS) is 25.7. The summed E-state index contributed by atoms with van der Waals surface area (Å²) in [6.07, 6.45) is 6.98. The van der Waals surface area contributed by atoms with Crippen molar-refractivity contribution >= 4 is 5.91 Å². The van der Waals surface area contributed by atoms with Crippen molar-refractivity contribution in [1.82, 2.24) is 14.5 Å². The van der Waals surface area contributed by atoms with E-state index < -0.39 is 0 Å². The number of imidazole rings is 1. The summed E-state index contributed by atoms with van der Waals surface area (Å²) in [6.45, 7) is 3.70. The van der Waals surface area contributed by atoms with Crippen LogP contribution in [0.3, 0.4) is 0 Å². The van der Waals surface area contributed by atoms with Gasteiger partial charge in [0.1, 0.15) is 11.6 Å². The number of benzene rings is 1. The van der Waals surface area contributed by atoms with Crippen molar-refractivity contribution in [1.29, 1.82) is 0 Å². The molecule has 1 aliphatic carbocycles. The molecule has 0 spiro atoms. The summed E-state index contributed by atoms with van der Waals surface area (Å²) >= 11 is 0. The predicted molar refractivity (Wildman–Crippen MR) is 95.7 cm³/mol. The molecular formula is C20H25N3O2. The van der Waals surface area contributed by atoms with Gasteiger partial charge in [0.15, 0.2) is 0 Å². The summed E-state index contributed by atoms with van der Waals surface area (Å²) in [5, 5.41) is 0. The molecule has 1 saturated carbocycles. The van der Waals surface area contributed by atoms with Gasteiger partial charge in [0.05, 0.1) is 13.2 Å². The van der Waals surface area contributed by atoms with E-state index >= 15 is 0 Å². The number of hydrogen-bond donors (Lipinski definition) is 0. The van der Waals surface area contributed by atoms with Crippen molar-refractivity contribution < 1.29 is 9.53 Å². The minimum atomic E-state index is 0.110. The Kier molecular flexibility index (Phi) is 4.24. The molecular weight excluding hydrogens is 314 g/mol. The lowest BCUT2D eigenvalue weighted by Gasteiger charge is -2.34. The fraction of sp³-hybridized carbons (Fsp3) is 0.500. The summed E-state index contributed by atoms with van der Waals surface area (Å²) in [5.74, 6) is 2.64. The van der Waals surface area contributed by atoms with E-state index in [0.717, 1.165) is 43.9 Å². The highest BCUT2D eigenvalue weighted by Gasteiger charge is 2.47. The average Bonchev–Trinajstić information content (AvgIpc) is 3.34. The monoisotopic (exact) mass is 339 g/mol. The topological polar surface area (TPSA) is 47.4 Å². The maximum absolute atomic E-state index is 13.0. The van der Waals surface area contributed by atoms with Crippen LogP contribution in [0.25, 0.3) is 0 Å². The van der Waals surface area contributed by atoms with Crippen molar-refractivity contribution in [2.24, 2.45) is 5.92 Å². The Morgan fingerprint density at radius 2 is 2.16 bits per heavy atom. The number of carbonyl (C=O) groups excluding carboxylic acids is 1. The van der Waals surface area contributed by atoms with E-state index in [1.54, 1.807) is 7.11 Å². The highest BCUT2D eigenvalue weighted by atomic mass is 16.5. The Morgan fingerprint density at radius 3 is 2.92 bits per heavy atom. The molecule has 2 aromatic rings. The number of para-hydroxylation sites is 1. The third kappa shape index (κ3) is 3.03. The minimum absolute atomic E-state index is 0.110. The van der Waals surface area contributed by atoms with E-state index in [-0.39, 0.29) is 5.92 Å². The zero-order chi connectivity index (χ0) is 17.4. The first-order valence-corrected chi connectivity index (χ1v) is 9.10. The highest BCUT2D eigenvalue weighted by molar-refractivity contribution is 5.83. The lowest BCUT2D eigenvalue weighted by Crippen LogP contribution is -2.41. The van der Waals surface area contributed by atoms with E-state index in [4.69, 9.17) is 4.74 Å². The van der Waals surface area contributed by atoms with E-state index in [1.807, 2.05) is 37.5 Å². The van der Waals surface area contributed by atoms with Crippen LogP contribution in [-0.4, -0.2) is 40.6 Å². The molecule has 1 saturated heterocycles. The number of aromatic nitrogens is 2. The van der Waals surface area contributed by atoms with Gasteiger partial charge in [-0.25, -0.2) is 4.98 Å². The molecule has 4 rings (SSSR count). The lowest BCUT2D eigenvalue weighted by molar-refractivity contribution is -0.134. The van der Waals surface area contributed by atoms with Gasteiger partial charge in [0.2, 0.25) is 5.91 Å². The average molecular weight is 339 g/mol. The fourth-order valence-electron chi connectivity index (χ4n) is 4.17. The molecule has 1 aromatic heterocycles. The molecule has 2 aliphatic rings. The summed E-state index contributed by atoms with van der Waals surface area (Å²) in [5.41, 5.74) is 1.17. The highest BCUT2D eigenvalue weighted by Crippen LogP contribution is 2.51. The molecule has 132 valence electrons. The van der Waals surface area contributed by atoms with Gasteiger partial charge in [-0.1, -0.05) is 18.2 Å². The van der Waals surface area contributed by atoms with Crippen LogP contribution in [0.15, 0.2) is 36.7 Å². The summed E-state index contributed by atoms with van der Waals surface area (Å²) < 4.78 is 7.68. The largest absolute Gasteiger partial charge is 0.496 e. The van der Waals surface area contributed by atoms with Gasteiger partial charge in [-0.3, -0.25) is 4.79 Å². The van der Waals surface area contributed by atoms with Crippen LogP contribution in [0, 0.1) is 12.8 Å². The van der Waals surface area contributed by atoms with Crippen LogP contribution in [-0.2, 0) is 4.79 Å². The van der Waals surface area contributed by atoms with Gasteiger partial charge in [-0.15, -0.1) is 0 Å². The number of piperidine rings is 1. The van der Waals surface area contributed by atoms with Crippen LogP contribution in [0.2, 0.25) is 0 Å². The van der Waals surface area contributed by atoms with Crippen molar-refractivity contribution in [3.8, 4) is 5.75 Å². The second-order valence-corrected chi connectivity index (χ2v) is 7.15. The number of nitrogens with zero attached hydrogens (tertiary/aromatic N) is 3. The molecule has 0 bridgehead atoms. The number of likely N-dealkylation sites (tertiary alicyclic amines) is 1. The van der Waals surface area contributed by atoms with Crippen molar-refractivity contribution in [3.63, 3.8) is 0 Å². The van der Waals surface area contributed by atoms with Crippen molar-refractivity contribution in [2.45, 2.75) is 38.1 Å². The molecule has 5 nitrogen and oxygen atoms in total. The van der Waals surface area contributed by atoms with Gasteiger partial charge in [-0.2, -0.15) is 0 Å². The van der Waals surface area contributed by atoms with Gasteiger partial charge in [0.25, 0.3) is 0 Å². The molecule has 25 heavy (non-hydrogen) atoms. The molecule has 0 N–H and O–H groups in total. The molecule has 1 amide bonds. The number of carbonyl (C=O) groups is 1. The molecule has 3 atom stereocenters. The lowest BCUT2D eigenvalue weighted by atomic mass is 10.0. The first-order valence-electron chi connectivity index (χ1n) is 9.10. The number of methoxy groups -OCH3 is 1. The Balaban J connectivity index is 1.44. The second-order valence-electron chi connectivity index (χ2n) is 7.15. The number of hydrogen-bond acceptors (Lipinski definition) is 3. The molecule has 0 unspecified atom stereocenters. The Morgan fingerprint density at radius 1 is 1.32 bits per heavy atom. The van der Waals surface area contributed by atoms with Crippen LogP contribution in [0.4, 0.5) is 0 Å².